The first-order chi connectivity index (χ1) is 17.8. The van der Waals surface area contributed by atoms with Crippen LogP contribution in [-0.2, 0) is 14.3 Å². The molecule has 0 aliphatic rings. The highest BCUT2D eigenvalue weighted by atomic mass is 16.6. The Hall–Kier alpha value is -3.99. The first-order valence-corrected chi connectivity index (χ1v) is 12.6. The smallest absolute Gasteiger partial charge is 0.408 e. The standard InChI is InChI=1S/C30H39N3O5/c1-10-20(4)25(32-29(36)38-30(6,7)8)28(35)33(11-2)26(24-18-19(3)12-13-21(24)5)27(34)31-22-14-16-23(37-9)17-15-22/h2,12-18,20,25-26H,10H2,1,3-9H3,(H,31,34)(H,32,36). The quantitative estimate of drug-likeness (QED) is 0.343. The van der Waals surface area contributed by atoms with E-state index in [1.54, 1.807) is 52.1 Å². The largest absolute Gasteiger partial charge is 0.497 e. The van der Waals surface area contributed by atoms with Crippen LogP contribution in [0.5, 0.6) is 5.75 Å². The van der Waals surface area contributed by atoms with Crippen LogP contribution in [0.3, 0.4) is 0 Å². The number of hydrogen-bond donors (Lipinski definition) is 2. The van der Waals surface area contributed by atoms with Gasteiger partial charge in [0.1, 0.15) is 23.4 Å². The predicted molar refractivity (Wildman–Crippen MR) is 149 cm³/mol. The van der Waals surface area contributed by atoms with Crippen LogP contribution >= 0.6 is 0 Å². The van der Waals surface area contributed by atoms with Crippen molar-refractivity contribution >= 4 is 23.6 Å². The molecule has 204 valence electrons. The Kier molecular flexibility index (Phi) is 10.3. The van der Waals surface area contributed by atoms with Gasteiger partial charge in [-0.2, -0.15) is 0 Å². The molecule has 3 amide bonds. The fourth-order valence-electron chi connectivity index (χ4n) is 3.87. The molecule has 0 fully saturated rings. The summed E-state index contributed by atoms with van der Waals surface area (Å²) in [5.74, 6) is -0.715. The molecule has 0 aliphatic heterocycles. The van der Waals surface area contributed by atoms with Gasteiger partial charge in [0.25, 0.3) is 11.8 Å². The highest BCUT2D eigenvalue weighted by Gasteiger charge is 2.38. The van der Waals surface area contributed by atoms with E-state index >= 15 is 0 Å². The maximum atomic E-state index is 13.9. The maximum absolute atomic E-state index is 13.9. The fraction of sp³-hybridized carbons (Fsp3) is 0.433. The van der Waals surface area contributed by atoms with Crippen molar-refractivity contribution < 1.29 is 23.9 Å². The minimum absolute atomic E-state index is 0.283. The van der Waals surface area contributed by atoms with E-state index in [4.69, 9.17) is 15.9 Å². The summed E-state index contributed by atoms with van der Waals surface area (Å²) in [5, 5.41) is 5.55. The van der Waals surface area contributed by atoms with E-state index in [0.717, 1.165) is 16.0 Å². The number of alkyl carbamates (subject to hydrolysis) is 1. The van der Waals surface area contributed by atoms with Gasteiger partial charge < -0.3 is 20.1 Å². The number of nitrogens with zero attached hydrogens (tertiary/aromatic N) is 1. The molecule has 0 aliphatic carbocycles. The SMILES string of the molecule is C#CN(C(=O)C(NC(=O)OC(C)(C)C)C(C)CC)C(C(=O)Nc1ccc(OC)cc1)c1cc(C)ccc1C. The predicted octanol–water partition coefficient (Wildman–Crippen LogP) is 5.35. The van der Waals surface area contributed by atoms with Crippen molar-refractivity contribution in [3.05, 3.63) is 59.2 Å². The Labute approximate surface area is 226 Å². The van der Waals surface area contributed by atoms with Gasteiger partial charge in [-0.3, -0.25) is 14.5 Å². The number of carbonyl (C=O) groups excluding carboxylic acids is 3. The lowest BCUT2D eigenvalue weighted by Gasteiger charge is -2.33. The number of hydrogen-bond acceptors (Lipinski definition) is 5. The zero-order valence-electron chi connectivity index (χ0n) is 23.5. The number of rotatable bonds is 9. The van der Waals surface area contributed by atoms with E-state index < -0.39 is 35.6 Å². The van der Waals surface area contributed by atoms with Crippen molar-refractivity contribution in [1.29, 1.82) is 0 Å². The Morgan fingerprint density at radius 1 is 1.08 bits per heavy atom. The van der Waals surface area contributed by atoms with Gasteiger partial charge in [0, 0.05) is 11.7 Å². The Balaban J connectivity index is 2.52. The minimum atomic E-state index is -1.15. The Bertz CT molecular complexity index is 1180. The molecule has 2 N–H and O–H groups in total. The third-order valence-corrected chi connectivity index (χ3v) is 6.12. The summed E-state index contributed by atoms with van der Waals surface area (Å²) >= 11 is 0. The monoisotopic (exact) mass is 521 g/mol. The third-order valence-electron chi connectivity index (χ3n) is 6.12. The second kappa shape index (κ2) is 13.0. The molecule has 0 bridgehead atoms. The number of methoxy groups -OCH3 is 1. The van der Waals surface area contributed by atoms with E-state index in [1.165, 1.54) is 0 Å². The van der Waals surface area contributed by atoms with E-state index in [-0.39, 0.29) is 5.92 Å². The number of carbonyl (C=O) groups is 3. The van der Waals surface area contributed by atoms with Crippen LogP contribution < -0.4 is 15.4 Å². The number of amides is 3. The van der Waals surface area contributed by atoms with Crippen molar-refractivity contribution in [3.63, 3.8) is 0 Å². The van der Waals surface area contributed by atoms with E-state index in [9.17, 15) is 14.4 Å². The van der Waals surface area contributed by atoms with Crippen LogP contribution in [0.4, 0.5) is 10.5 Å². The van der Waals surface area contributed by atoms with Crippen molar-refractivity contribution in [2.75, 3.05) is 12.4 Å². The van der Waals surface area contributed by atoms with Crippen LogP contribution in [0, 0.1) is 32.2 Å². The molecular weight excluding hydrogens is 482 g/mol. The van der Waals surface area contributed by atoms with Gasteiger partial charge in [0.2, 0.25) is 0 Å². The molecule has 38 heavy (non-hydrogen) atoms. The molecule has 0 saturated heterocycles. The van der Waals surface area contributed by atoms with Gasteiger partial charge in [-0.1, -0.05) is 50.5 Å². The van der Waals surface area contributed by atoms with Crippen LogP contribution in [0.1, 0.15) is 63.8 Å². The molecule has 8 nitrogen and oxygen atoms in total. The topological polar surface area (TPSA) is 97.0 Å². The summed E-state index contributed by atoms with van der Waals surface area (Å²) in [5.41, 5.74) is 2.04. The van der Waals surface area contributed by atoms with Gasteiger partial charge in [-0.25, -0.2) is 4.79 Å². The lowest BCUT2D eigenvalue weighted by molar-refractivity contribution is -0.137. The van der Waals surface area contributed by atoms with E-state index in [0.29, 0.717) is 23.4 Å². The van der Waals surface area contributed by atoms with Crippen LogP contribution in [0.2, 0.25) is 0 Å². The Morgan fingerprint density at radius 2 is 1.71 bits per heavy atom. The average molecular weight is 522 g/mol. The Morgan fingerprint density at radius 3 is 2.24 bits per heavy atom. The summed E-state index contributed by atoms with van der Waals surface area (Å²) in [4.78, 5) is 41.4. The molecule has 3 atom stereocenters. The number of nitrogens with one attached hydrogen (secondary N) is 2. The lowest BCUT2D eigenvalue weighted by Crippen LogP contribution is -2.53. The number of ether oxygens (including phenoxy) is 2. The number of aryl methyl sites for hydroxylation is 2. The maximum Gasteiger partial charge on any atom is 0.408 e. The summed E-state index contributed by atoms with van der Waals surface area (Å²) in [6.45, 7) is 12.7. The van der Waals surface area contributed by atoms with Gasteiger partial charge in [0.15, 0.2) is 0 Å². The second-order valence-corrected chi connectivity index (χ2v) is 10.3. The number of terminal acetylenes is 1. The molecule has 0 heterocycles. The van der Waals surface area contributed by atoms with Crippen molar-refractivity contribution in [1.82, 2.24) is 10.2 Å². The molecule has 8 heteroatoms. The lowest BCUT2D eigenvalue weighted by atomic mass is 9.94. The summed E-state index contributed by atoms with van der Waals surface area (Å²) < 4.78 is 10.6. The van der Waals surface area contributed by atoms with Gasteiger partial charge >= 0.3 is 6.09 Å². The average Bonchev–Trinajstić information content (AvgIpc) is 2.85. The number of benzene rings is 2. The summed E-state index contributed by atoms with van der Waals surface area (Å²) in [6, 6.07) is 12.7. The summed E-state index contributed by atoms with van der Waals surface area (Å²) in [7, 11) is 1.56. The van der Waals surface area contributed by atoms with E-state index in [2.05, 4.69) is 16.7 Å². The third kappa shape index (κ3) is 8.01. The molecule has 2 aromatic carbocycles. The zero-order chi connectivity index (χ0) is 28.6. The minimum Gasteiger partial charge on any atom is -0.497 e. The molecule has 0 aromatic heterocycles. The second-order valence-electron chi connectivity index (χ2n) is 10.3. The number of anilines is 1. The molecule has 2 rings (SSSR count). The molecule has 0 saturated carbocycles. The highest BCUT2D eigenvalue weighted by Crippen LogP contribution is 2.29. The van der Waals surface area contributed by atoms with Gasteiger partial charge in [-0.15, -0.1) is 0 Å². The molecule has 0 radical (unpaired) electrons. The molecule has 2 aromatic rings. The van der Waals surface area contributed by atoms with Crippen LogP contribution in [0.15, 0.2) is 42.5 Å². The van der Waals surface area contributed by atoms with Crippen molar-refractivity contribution in [2.24, 2.45) is 5.92 Å². The first-order valence-electron chi connectivity index (χ1n) is 12.6. The molecule has 0 spiro atoms. The molecular formula is C30H39N3O5. The van der Waals surface area contributed by atoms with E-state index in [1.807, 2.05) is 45.9 Å². The van der Waals surface area contributed by atoms with Gasteiger partial charge in [0.05, 0.1) is 7.11 Å². The summed E-state index contributed by atoms with van der Waals surface area (Å²) in [6.07, 6.45) is 5.74. The highest BCUT2D eigenvalue weighted by molar-refractivity contribution is 6.00. The van der Waals surface area contributed by atoms with Gasteiger partial charge in [-0.05, 0) is 75.9 Å². The zero-order valence-corrected chi connectivity index (χ0v) is 23.5. The normalized spacial score (nSPS) is 13.3. The molecule has 3 unspecified atom stereocenters. The van der Waals surface area contributed by atoms with Crippen molar-refractivity contribution in [3.8, 4) is 18.2 Å². The first kappa shape index (κ1) is 30.2. The van der Waals surface area contributed by atoms with Crippen LogP contribution in [0.25, 0.3) is 0 Å². The fourth-order valence-corrected chi connectivity index (χ4v) is 3.87. The van der Waals surface area contributed by atoms with Crippen LogP contribution in [-0.4, -0.2) is 41.6 Å². The van der Waals surface area contributed by atoms with Crippen molar-refractivity contribution in [2.45, 2.75) is 72.6 Å².